The molecular formula is C35H26N4OS. The highest BCUT2D eigenvalue weighted by Gasteiger charge is 2.21. The quantitative estimate of drug-likeness (QED) is 0.231. The Bertz CT molecular complexity index is 2030. The Morgan fingerprint density at radius 2 is 1.56 bits per heavy atom. The molecule has 0 saturated carbocycles. The van der Waals surface area contributed by atoms with Gasteiger partial charge < -0.3 is 5.11 Å². The van der Waals surface area contributed by atoms with E-state index in [9.17, 15) is 5.11 Å². The van der Waals surface area contributed by atoms with Gasteiger partial charge in [-0.25, -0.2) is 9.97 Å². The van der Waals surface area contributed by atoms with Crippen LogP contribution in [0.15, 0.2) is 116 Å². The number of rotatable bonds is 5. The molecule has 1 N–H and O–H groups in total. The lowest BCUT2D eigenvalue weighted by Crippen LogP contribution is -2.14. The zero-order chi connectivity index (χ0) is 27.9. The van der Waals surface area contributed by atoms with E-state index in [1.807, 2.05) is 61.8 Å². The Labute approximate surface area is 242 Å². The Morgan fingerprint density at radius 3 is 2.39 bits per heavy atom. The van der Waals surface area contributed by atoms with Crippen LogP contribution < -0.4 is 4.90 Å². The Balaban J connectivity index is 1.47. The molecule has 3 aromatic carbocycles. The van der Waals surface area contributed by atoms with Gasteiger partial charge in [0.1, 0.15) is 11.6 Å². The van der Waals surface area contributed by atoms with Crippen LogP contribution in [-0.4, -0.2) is 20.1 Å². The van der Waals surface area contributed by atoms with Crippen molar-refractivity contribution in [3.63, 3.8) is 0 Å². The third kappa shape index (κ3) is 4.39. The molecule has 0 aliphatic heterocycles. The molecule has 6 heteroatoms. The summed E-state index contributed by atoms with van der Waals surface area (Å²) in [4.78, 5) is 16.6. The number of nitrogens with zero attached hydrogens (tertiary/aromatic N) is 4. The number of hydrogen-bond donors (Lipinski definition) is 1. The zero-order valence-electron chi connectivity index (χ0n) is 22.6. The lowest BCUT2D eigenvalue weighted by atomic mass is 10.0. The number of anilines is 3. The Hall–Kier alpha value is -5.07. The number of fused-ring (bicyclic) bond motifs is 3. The van der Waals surface area contributed by atoms with Crippen molar-refractivity contribution in [3.8, 4) is 28.3 Å². The van der Waals surface area contributed by atoms with Crippen LogP contribution in [0.4, 0.5) is 17.2 Å². The van der Waals surface area contributed by atoms with Crippen LogP contribution in [-0.2, 0) is 0 Å². The van der Waals surface area contributed by atoms with E-state index in [-0.39, 0.29) is 5.75 Å². The number of aromatic hydroxyl groups is 1. The fourth-order valence-corrected chi connectivity index (χ4v) is 6.61. The minimum absolute atomic E-state index is 0.216. The first-order chi connectivity index (χ1) is 20.1. The monoisotopic (exact) mass is 550 g/mol. The van der Waals surface area contributed by atoms with Crippen molar-refractivity contribution in [3.05, 3.63) is 127 Å². The van der Waals surface area contributed by atoms with Gasteiger partial charge in [0.15, 0.2) is 0 Å². The summed E-state index contributed by atoms with van der Waals surface area (Å²) in [6.07, 6.45) is 3.65. The lowest BCUT2D eigenvalue weighted by Gasteiger charge is -2.27. The van der Waals surface area contributed by atoms with Crippen LogP contribution in [0.3, 0.4) is 0 Å². The number of benzene rings is 3. The van der Waals surface area contributed by atoms with E-state index >= 15 is 0 Å². The van der Waals surface area contributed by atoms with Gasteiger partial charge in [-0.1, -0.05) is 48.5 Å². The molecule has 0 spiro atoms. The fraction of sp³-hybridized carbons (Fsp3) is 0.0571. The molecule has 0 unspecified atom stereocenters. The van der Waals surface area contributed by atoms with Gasteiger partial charge in [-0.15, -0.1) is 11.3 Å². The second-order valence-electron chi connectivity index (χ2n) is 9.98. The summed E-state index contributed by atoms with van der Waals surface area (Å²) in [5.41, 5.74) is 7.30. The number of pyridine rings is 3. The highest BCUT2D eigenvalue weighted by molar-refractivity contribution is 7.26. The molecule has 4 aromatic heterocycles. The van der Waals surface area contributed by atoms with Crippen LogP contribution in [0.5, 0.6) is 5.75 Å². The van der Waals surface area contributed by atoms with Gasteiger partial charge in [-0.3, -0.25) is 9.88 Å². The molecule has 41 heavy (non-hydrogen) atoms. The van der Waals surface area contributed by atoms with Crippen LogP contribution in [0.2, 0.25) is 0 Å². The number of thiophene rings is 1. The van der Waals surface area contributed by atoms with Gasteiger partial charge in [0.2, 0.25) is 0 Å². The predicted octanol–water partition coefficient (Wildman–Crippen LogP) is 9.37. The van der Waals surface area contributed by atoms with Gasteiger partial charge in [-0.2, -0.15) is 0 Å². The SMILES string of the molecule is Cc1ccnc(C)c1N(c1cccc(-c2cc3c(sc4ccccc43)c(-c3ccccc3O)n2)c1)c1ccccn1. The van der Waals surface area contributed by atoms with E-state index in [4.69, 9.17) is 9.97 Å². The van der Waals surface area contributed by atoms with Gasteiger partial charge in [-0.05, 0) is 74.0 Å². The van der Waals surface area contributed by atoms with E-state index in [1.165, 1.54) is 10.1 Å². The molecule has 0 aliphatic carbocycles. The zero-order valence-corrected chi connectivity index (χ0v) is 23.4. The molecule has 0 aliphatic rings. The third-order valence-corrected chi connectivity index (χ3v) is 8.53. The Kier molecular flexibility index (Phi) is 6.18. The van der Waals surface area contributed by atoms with Crippen molar-refractivity contribution in [2.75, 3.05) is 4.90 Å². The Morgan fingerprint density at radius 1 is 0.732 bits per heavy atom. The first-order valence-corrected chi connectivity index (χ1v) is 14.2. The molecule has 0 atom stereocenters. The first kappa shape index (κ1) is 24.9. The van der Waals surface area contributed by atoms with Gasteiger partial charge in [0.25, 0.3) is 0 Å². The topological polar surface area (TPSA) is 62.1 Å². The molecule has 5 nitrogen and oxygen atoms in total. The van der Waals surface area contributed by atoms with Crippen molar-refractivity contribution < 1.29 is 5.11 Å². The number of hydrogen-bond acceptors (Lipinski definition) is 6. The predicted molar refractivity (Wildman–Crippen MR) is 169 cm³/mol. The number of phenols is 1. The van der Waals surface area contributed by atoms with E-state index < -0.39 is 0 Å². The molecule has 4 heterocycles. The molecule has 0 radical (unpaired) electrons. The lowest BCUT2D eigenvalue weighted by molar-refractivity contribution is 0.477. The first-order valence-electron chi connectivity index (χ1n) is 13.4. The summed E-state index contributed by atoms with van der Waals surface area (Å²) in [7, 11) is 0. The maximum Gasteiger partial charge on any atom is 0.137 e. The maximum absolute atomic E-state index is 10.8. The molecule has 0 saturated heterocycles. The largest absolute Gasteiger partial charge is 0.507 e. The molecular weight excluding hydrogens is 524 g/mol. The molecule has 0 bridgehead atoms. The summed E-state index contributed by atoms with van der Waals surface area (Å²) in [5, 5.41) is 13.1. The molecule has 0 fully saturated rings. The summed E-state index contributed by atoms with van der Waals surface area (Å²) in [5.74, 6) is 1.03. The van der Waals surface area contributed by atoms with Crippen molar-refractivity contribution in [1.29, 1.82) is 0 Å². The minimum atomic E-state index is 0.216. The highest BCUT2D eigenvalue weighted by Crippen LogP contribution is 2.44. The smallest absolute Gasteiger partial charge is 0.137 e. The van der Waals surface area contributed by atoms with Crippen LogP contribution in [0.25, 0.3) is 42.7 Å². The maximum atomic E-state index is 10.8. The summed E-state index contributed by atoms with van der Waals surface area (Å²) < 4.78 is 2.25. The van der Waals surface area contributed by atoms with Gasteiger partial charge in [0.05, 0.1) is 27.5 Å². The molecule has 198 valence electrons. The number of aryl methyl sites for hydroxylation is 2. The van der Waals surface area contributed by atoms with Gasteiger partial charge in [0, 0.05) is 44.7 Å². The summed E-state index contributed by atoms with van der Waals surface area (Å²) in [6.45, 7) is 4.12. The molecule has 0 amide bonds. The second kappa shape index (κ2) is 10.2. The normalized spacial score (nSPS) is 11.3. The fourth-order valence-electron chi connectivity index (χ4n) is 5.42. The third-order valence-electron chi connectivity index (χ3n) is 7.33. The van der Waals surface area contributed by atoms with E-state index in [2.05, 4.69) is 71.4 Å². The number of phenolic OH excluding ortho intramolecular Hbond substituents is 1. The minimum Gasteiger partial charge on any atom is -0.507 e. The van der Waals surface area contributed by atoms with Gasteiger partial charge >= 0.3 is 0 Å². The van der Waals surface area contributed by atoms with E-state index in [1.54, 1.807) is 17.4 Å². The standard InChI is InChI=1S/C35H26N4OS/c1-22-17-19-36-23(2)34(22)39(32-16-7-8-18-37-32)25-11-9-10-24(20-25)29-21-28-26-12-4-6-15-31(26)41-35(28)33(38-29)27-13-3-5-14-30(27)40/h3-21,40H,1-2H3. The summed E-state index contributed by atoms with van der Waals surface area (Å²) >= 11 is 1.70. The number of aromatic nitrogens is 3. The van der Waals surface area contributed by atoms with Crippen LogP contribution >= 0.6 is 11.3 Å². The van der Waals surface area contributed by atoms with E-state index in [0.29, 0.717) is 0 Å². The molecule has 7 aromatic rings. The summed E-state index contributed by atoms with van der Waals surface area (Å²) in [6, 6.07) is 34.3. The average molecular weight is 551 g/mol. The second-order valence-corrected chi connectivity index (χ2v) is 11.0. The molecule has 7 rings (SSSR count). The van der Waals surface area contributed by atoms with Crippen molar-refractivity contribution in [1.82, 2.24) is 15.0 Å². The van der Waals surface area contributed by atoms with E-state index in [0.717, 1.165) is 61.1 Å². The van der Waals surface area contributed by atoms with Crippen molar-refractivity contribution >= 4 is 48.7 Å². The van der Waals surface area contributed by atoms with Crippen molar-refractivity contribution in [2.24, 2.45) is 0 Å². The van der Waals surface area contributed by atoms with Crippen LogP contribution in [0.1, 0.15) is 11.3 Å². The van der Waals surface area contributed by atoms with Crippen molar-refractivity contribution in [2.45, 2.75) is 13.8 Å². The van der Waals surface area contributed by atoms with Crippen LogP contribution in [0, 0.1) is 13.8 Å². The average Bonchev–Trinajstić information content (AvgIpc) is 3.38. The number of para-hydroxylation sites is 1. The highest BCUT2D eigenvalue weighted by atomic mass is 32.1.